The first-order valence-corrected chi connectivity index (χ1v) is 10.1. The van der Waals surface area contributed by atoms with Gasteiger partial charge < -0.3 is 18.8 Å². The van der Waals surface area contributed by atoms with E-state index in [1.54, 1.807) is 7.11 Å². The Morgan fingerprint density at radius 1 is 1.22 bits per heavy atom. The number of benzene rings is 1. The Balaban J connectivity index is 1.24. The van der Waals surface area contributed by atoms with Crippen molar-refractivity contribution in [3.8, 4) is 5.75 Å². The van der Waals surface area contributed by atoms with Gasteiger partial charge in [0.05, 0.1) is 33.3 Å². The lowest BCUT2D eigenvalue weighted by Gasteiger charge is -2.64. The van der Waals surface area contributed by atoms with Gasteiger partial charge in [0.25, 0.3) is 0 Å². The predicted octanol–water partition coefficient (Wildman–Crippen LogP) is 3.83. The first kappa shape index (κ1) is 19.4. The van der Waals surface area contributed by atoms with Crippen LogP contribution in [0, 0.1) is 17.3 Å². The molecule has 144 valence electrons. The third-order valence-corrected chi connectivity index (χ3v) is 7.34. The minimum atomic E-state index is -0.320. The van der Waals surface area contributed by atoms with Crippen LogP contribution in [0.2, 0.25) is 5.72 Å². The molecule has 1 aromatic carbocycles. The summed E-state index contributed by atoms with van der Waals surface area (Å²) in [5, 5.41) is 0. The van der Waals surface area contributed by atoms with Crippen molar-refractivity contribution in [2.24, 2.45) is 17.3 Å². The smallest absolute Gasteiger partial charge is 0.452 e. The van der Waals surface area contributed by atoms with Gasteiger partial charge in [-0.05, 0) is 66.8 Å². The second-order valence-electron chi connectivity index (χ2n) is 9.19. The van der Waals surface area contributed by atoms with Crippen LogP contribution in [0.4, 0.5) is 0 Å². The van der Waals surface area contributed by atoms with Crippen LogP contribution >= 0.6 is 0 Å². The standard InChI is InChI=1S/C21H30B2O4/c1-20(2)15-11-17(20)21(3)18(12-15)26-23(27-21)19(22)9-10-25-13-14-5-7-16(24-4)8-6-14/h5-8,15,17-19H,9-13H2,1-4H3/t15-,17?,18?,19-,21?/m0/s1. The Morgan fingerprint density at radius 3 is 2.63 bits per heavy atom. The maximum Gasteiger partial charge on any atom is 0.452 e. The fraction of sp³-hybridized carbons (Fsp3) is 0.714. The van der Waals surface area contributed by atoms with Crippen LogP contribution in [0.25, 0.3) is 0 Å². The molecule has 0 aromatic heterocycles. The quantitative estimate of drug-likeness (QED) is 0.542. The lowest BCUT2D eigenvalue weighted by molar-refractivity contribution is -0.199. The molecule has 3 aliphatic carbocycles. The molecule has 2 radical (unpaired) electrons. The van der Waals surface area contributed by atoms with Crippen molar-refractivity contribution in [1.29, 1.82) is 0 Å². The van der Waals surface area contributed by atoms with E-state index in [1.807, 2.05) is 24.3 Å². The molecule has 3 unspecified atom stereocenters. The van der Waals surface area contributed by atoms with Crippen LogP contribution in [0.15, 0.2) is 24.3 Å². The van der Waals surface area contributed by atoms with Gasteiger partial charge in [0.1, 0.15) is 5.75 Å². The van der Waals surface area contributed by atoms with Crippen molar-refractivity contribution in [3.63, 3.8) is 0 Å². The van der Waals surface area contributed by atoms with Gasteiger partial charge in [-0.1, -0.05) is 26.0 Å². The average molecular weight is 368 g/mol. The third-order valence-electron chi connectivity index (χ3n) is 7.34. The van der Waals surface area contributed by atoms with E-state index in [0.29, 0.717) is 24.5 Å². The lowest BCUT2D eigenvalue weighted by atomic mass is 9.43. The van der Waals surface area contributed by atoms with Crippen LogP contribution < -0.4 is 4.74 Å². The molecular formula is C21H30B2O4. The molecule has 0 spiro atoms. The van der Waals surface area contributed by atoms with Gasteiger partial charge in [0, 0.05) is 6.61 Å². The zero-order chi connectivity index (χ0) is 19.2. The summed E-state index contributed by atoms with van der Waals surface area (Å²) in [6.07, 6.45) is 3.26. The van der Waals surface area contributed by atoms with Crippen LogP contribution in [0.5, 0.6) is 5.75 Å². The topological polar surface area (TPSA) is 36.9 Å². The van der Waals surface area contributed by atoms with Crippen molar-refractivity contribution in [2.45, 2.75) is 64.1 Å². The molecule has 3 saturated carbocycles. The van der Waals surface area contributed by atoms with E-state index in [4.69, 9.17) is 26.6 Å². The Morgan fingerprint density at radius 2 is 1.96 bits per heavy atom. The summed E-state index contributed by atoms with van der Waals surface area (Å²) in [7, 11) is 7.74. The average Bonchev–Trinajstić information content (AvgIpc) is 3.02. The zero-order valence-corrected chi connectivity index (χ0v) is 16.9. The van der Waals surface area contributed by atoms with Crippen molar-refractivity contribution in [2.75, 3.05) is 13.7 Å². The molecule has 5 atom stereocenters. The number of rotatable bonds is 7. The molecule has 27 heavy (non-hydrogen) atoms. The van der Waals surface area contributed by atoms with Gasteiger partial charge in [-0.3, -0.25) is 0 Å². The van der Waals surface area contributed by atoms with E-state index in [-0.39, 0.29) is 24.5 Å². The van der Waals surface area contributed by atoms with E-state index in [0.717, 1.165) is 30.1 Å². The molecule has 6 heteroatoms. The number of hydrogen-bond donors (Lipinski definition) is 0. The summed E-state index contributed by atoms with van der Waals surface area (Å²) in [4.78, 5) is 0. The third kappa shape index (κ3) is 3.34. The Hall–Kier alpha value is -0.970. The second-order valence-corrected chi connectivity index (χ2v) is 9.19. The second kappa shape index (κ2) is 7.13. The molecule has 1 aliphatic heterocycles. The number of hydrogen-bond acceptors (Lipinski definition) is 4. The molecule has 1 heterocycles. The minimum absolute atomic E-state index is 0.163. The molecule has 4 fully saturated rings. The van der Waals surface area contributed by atoms with E-state index in [1.165, 1.54) is 6.42 Å². The van der Waals surface area contributed by atoms with Gasteiger partial charge >= 0.3 is 7.12 Å². The molecule has 0 N–H and O–H groups in total. The molecule has 2 bridgehead atoms. The molecule has 4 nitrogen and oxygen atoms in total. The van der Waals surface area contributed by atoms with Gasteiger partial charge in [-0.15, -0.1) is 0 Å². The molecule has 1 saturated heterocycles. The number of ether oxygens (including phenoxy) is 2. The van der Waals surface area contributed by atoms with Crippen LogP contribution in [-0.4, -0.2) is 40.4 Å². The highest BCUT2D eigenvalue weighted by molar-refractivity contribution is 6.57. The first-order valence-electron chi connectivity index (χ1n) is 10.1. The van der Waals surface area contributed by atoms with Crippen molar-refractivity contribution < 1.29 is 18.8 Å². The highest BCUT2D eigenvalue weighted by Gasteiger charge is 2.68. The van der Waals surface area contributed by atoms with Gasteiger partial charge in [-0.25, -0.2) is 0 Å². The van der Waals surface area contributed by atoms with Gasteiger partial charge in [-0.2, -0.15) is 0 Å². The predicted molar refractivity (Wildman–Crippen MR) is 107 cm³/mol. The largest absolute Gasteiger partial charge is 0.497 e. The van der Waals surface area contributed by atoms with Crippen LogP contribution in [0.1, 0.15) is 45.6 Å². The Bertz CT molecular complexity index is 665. The van der Waals surface area contributed by atoms with E-state index < -0.39 is 0 Å². The Kier molecular flexibility index (Phi) is 5.11. The fourth-order valence-corrected chi connectivity index (χ4v) is 5.35. The van der Waals surface area contributed by atoms with E-state index in [2.05, 4.69) is 20.8 Å². The van der Waals surface area contributed by atoms with Crippen LogP contribution in [0.3, 0.4) is 0 Å². The van der Waals surface area contributed by atoms with Crippen molar-refractivity contribution >= 4 is 15.0 Å². The molecule has 4 aliphatic rings. The molecule has 1 aromatic rings. The Labute approximate surface area is 164 Å². The molecular weight excluding hydrogens is 338 g/mol. The first-order chi connectivity index (χ1) is 12.8. The number of methoxy groups -OCH3 is 1. The van der Waals surface area contributed by atoms with Crippen molar-refractivity contribution in [1.82, 2.24) is 0 Å². The maximum absolute atomic E-state index is 6.42. The summed E-state index contributed by atoms with van der Waals surface area (Å²) in [5.74, 6) is 2.18. The summed E-state index contributed by atoms with van der Waals surface area (Å²) in [6, 6.07) is 7.92. The van der Waals surface area contributed by atoms with E-state index >= 15 is 0 Å². The fourth-order valence-electron chi connectivity index (χ4n) is 5.35. The highest BCUT2D eigenvalue weighted by atomic mass is 16.7. The normalized spacial score (nSPS) is 34.7. The minimum Gasteiger partial charge on any atom is -0.497 e. The zero-order valence-electron chi connectivity index (χ0n) is 16.9. The maximum atomic E-state index is 6.42. The summed E-state index contributed by atoms with van der Waals surface area (Å²) in [6.45, 7) is 8.14. The van der Waals surface area contributed by atoms with Gasteiger partial charge in [0.2, 0.25) is 0 Å². The monoisotopic (exact) mass is 368 g/mol. The lowest BCUT2D eigenvalue weighted by Crippen LogP contribution is -2.65. The summed E-state index contributed by atoms with van der Waals surface area (Å²) >= 11 is 0. The molecule has 0 amide bonds. The SMILES string of the molecule is [B][C@H](CCOCc1ccc(OC)cc1)B1OC2C[C@@H]3CC(C2(C)O1)C3(C)C. The summed E-state index contributed by atoms with van der Waals surface area (Å²) in [5.41, 5.74) is 1.13. The van der Waals surface area contributed by atoms with Crippen LogP contribution in [-0.2, 0) is 20.7 Å². The van der Waals surface area contributed by atoms with Gasteiger partial charge in [0.15, 0.2) is 0 Å². The highest BCUT2D eigenvalue weighted by Crippen LogP contribution is 2.66. The van der Waals surface area contributed by atoms with Crippen molar-refractivity contribution in [3.05, 3.63) is 29.8 Å². The summed E-state index contributed by atoms with van der Waals surface area (Å²) < 4.78 is 23.6. The van der Waals surface area contributed by atoms with E-state index in [9.17, 15) is 0 Å². The molecule has 5 rings (SSSR count).